The summed E-state index contributed by atoms with van der Waals surface area (Å²) in [5.41, 5.74) is 0. The Morgan fingerprint density at radius 2 is 1.06 bits per heavy atom. The van der Waals surface area contributed by atoms with Crippen LogP contribution in [0.3, 0.4) is 0 Å². The summed E-state index contributed by atoms with van der Waals surface area (Å²) in [6.07, 6.45) is 0.236. The van der Waals surface area contributed by atoms with Crippen LogP contribution >= 0.6 is 0 Å². The minimum atomic E-state index is -0.987. The molecule has 0 aliphatic carbocycles. The van der Waals surface area contributed by atoms with Crippen molar-refractivity contribution in [3.63, 3.8) is 0 Å². The molecule has 0 aliphatic rings. The van der Waals surface area contributed by atoms with Crippen LogP contribution in [-0.4, -0.2) is 63.0 Å². The van der Waals surface area contributed by atoms with E-state index < -0.39 is 11.9 Å². The number of carbonyl (C=O) groups excluding carboxylic acids is 2. The van der Waals surface area contributed by atoms with Crippen molar-refractivity contribution in [2.75, 3.05) is 41.3 Å². The van der Waals surface area contributed by atoms with Gasteiger partial charge < -0.3 is 29.6 Å². The van der Waals surface area contributed by atoms with Gasteiger partial charge in [-0.2, -0.15) is 0 Å². The number of hydrogen-bond donors (Lipinski definition) is 0. The van der Waals surface area contributed by atoms with Crippen molar-refractivity contribution in [2.45, 2.75) is 12.8 Å². The molecule has 17 heavy (non-hydrogen) atoms. The van der Waals surface area contributed by atoms with E-state index in [1.54, 1.807) is 9.80 Å². The van der Waals surface area contributed by atoms with Crippen molar-refractivity contribution >= 4 is 11.9 Å². The Morgan fingerprint density at radius 3 is 1.12 bits per heavy atom. The van der Waals surface area contributed by atoms with Gasteiger partial charge in [-0.3, -0.25) is 0 Å². The molecule has 0 atom stereocenters. The maximum absolute atomic E-state index is 9.77. The molecule has 0 bridgehead atoms. The second kappa shape index (κ2) is 13.5. The van der Waals surface area contributed by atoms with E-state index >= 15 is 0 Å². The van der Waals surface area contributed by atoms with Crippen molar-refractivity contribution in [1.82, 2.24) is 9.80 Å². The zero-order chi connectivity index (χ0) is 13.1. The van der Waals surface area contributed by atoms with Gasteiger partial charge in [0, 0.05) is 25.0 Å². The monoisotopic (exact) mass is 296 g/mol. The van der Waals surface area contributed by atoms with E-state index in [1.807, 2.05) is 28.2 Å². The molecule has 0 saturated heterocycles. The first kappa shape index (κ1) is 21.7. The molecule has 7 heteroatoms. The van der Waals surface area contributed by atoms with E-state index in [9.17, 15) is 19.8 Å². The normalized spacial score (nSPS) is 9.29. The van der Waals surface area contributed by atoms with Crippen molar-refractivity contribution in [3.8, 4) is 0 Å². The molecule has 0 fully saturated rings. The van der Waals surface area contributed by atoms with Gasteiger partial charge >= 0.3 is 19.5 Å². The third kappa shape index (κ3) is 31.3. The van der Waals surface area contributed by atoms with Crippen LogP contribution in [0, 0.1) is 0 Å². The summed E-state index contributed by atoms with van der Waals surface area (Å²) in [6.45, 7) is 1.12. The van der Waals surface area contributed by atoms with E-state index in [-0.39, 0.29) is 32.3 Å². The molecule has 0 N–H and O–H groups in total. The average molecular weight is 298 g/mol. The van der Waals surface area contributed by atoms with Crippen LogP contribution in [0.2, 0.25) is 0 Å². The number of carboxylic acid groups (broad SMARTS) is 2. The molecule has 0 unspecified atom stereocenters. The first-order valence-electron chi connectivity index (χ1n) is 4.94. The van der Waals surface area contributed by atoms with Crippen LogP contribution in [0.5, 0.6) is 0 Å². The Morgan fingerprint density at radius 1 is 0.824 bits per heavy atom. The molecule has 0 heterocycles. The predicted molar refractivity (Wildman–Crippen MR) is 56.4 cm³/mol. The van der Waals surface area contributed by atoms with Crippen LogP contribution < -0.4 is 10.2 Å². The van der Waals surface area contributed by atoms with E-state index in [1.165, 1.54) is 0 Å². The van der Waals surface area contributed by atoms with E-state index in [4.69, 9.17) is 0 Å². The van der Waals surface area contributed by atoms with Crippen LogP contribution in [0.1, 0.15) is 12.8 Å². The first-order valence-corrected chi connectivity index (χ1v) is 4.94. The van der Waals surface area contributed by atoms with Gasteiger partial charge in [0.1, 0.15) is 0 Å². The zero-order valence-corrected chi connectivity index (χ0v) is 14.0. The summed E-state index contributed by atoms with van der Waals surface area (Å²) in [7, 11) is 7.29. The zero-order valence-electron chi connectivity index (χ0n) is 11.1. The Labute approximate surface area is 115 Å². The molecule has 0 amide bonds. The standard InChI is InChI=1S/2C5H11NO2.Zn/c2*1-6(2)4-3-5(7)8;/h2*3-4H2,1-2H3,(H,7,8);/q;;+2/p-2. The largest absolute Gasteiger partial charge is 2.00 e. The van der Waals surface area contributed by atoms with Gasteiger partial charge in [-0.1, -0.05) is 0 Å². The fourth-order valence-corrected chi connectivity index (χ4v) is 0.630. The molecule has 0 radical (unpaired) electrons. The van der Waals surface area contributed by atoms with Gasteiger partial charge in [0.25, 0.3) is 0 Å². The summed E-state index contributed by atoms with van der Waals surface area (Å²) in [6, 6.07) is 0. The van der Waals surface area contributed by atoms with Gasteiger partial charge in [-0.05, 0) is 41.0 Å². The Balaban J connectivity index is -0.000000218. The average Bonchev–Trinajstić information content (AvgIpc) is 2.12. The minimum absolute atomic E-state index is 0. The Bertz CT molecular complexity index is 188. The van der Waals surface area contributed by atoms with Gasteiger partial charge in [-0.15, -0.1) is 0 Å². The SMILES string of the molecule is CN(C)CCC(=O)[O-].CN(C)CCC(=O)[O-].[Zn+2]. The second-order valence-electron chi connectivity index (χ2n) is 3.85. The molecule has 0 saturated carbocycles. The maximum atomic E-state index is 9.77. The summed E-state index contributed by atoms with van der Waals surface area (Å²) in [4.78, 5) is 23.1. The van der Waals surface area contributed by atoms with Gasteiger partial charge in [0.15, 0.2) is 0 Å². The Hall–Kier alpha value is -0.517. The second-order valence-corrected chi connectivity index (χ2v) is 3.85. The maximum Gasteiger partial charge on any atom is 2.00 e. The van der Waals surface area contributed by atoms with E-state index in [0.717, 1.165) is 0 Å². The van der Waals surface area contributed by atoms with E-state index in [0.29, 0.717) is 13.1 Å². The number of carbonyl (C=O) groups is 2. The fraction of sp³-hybridized carbons (Fsp3) is 0.800. The predicted octanol–water partition coefficient (Wildman–Crippen LogP) is -2.63. The molecule has 0 rings (SSSR count). The van der Waals surface area contributed by atoms with Crippen LogP contribution in [0.4, 0.5) is 0 Å². The summed E-state index contributed by atoms with van der Waals surface area (Å²) >= 11 is 0. The van der Waals surface area contributed by atoms with Gasteiger partial charge in [0.05, 0.1) is 0 Å². The van der Waals surface area contributed by atoms with E-state index in [2.05, 4.69) is 0 Å². The summed E-state index contributed by atoms with van der Waals surface area (Å²) in [5.74, 6) is -1.97. The molecule has 96 valence electrons. The Kier molecular flexibility index (Phi) is 17.3. The quantitative estimate of drug-likeness (QED) is 0.499. The van der Waals surface area contributed by atoms with Crippen molar-refractivity contribution < 1.29 is 39.3 Å². The van der Waals surface area contributed by atoms with Gasteiger partial charge in [0.2, 0.25) is 0 Å². The third-order valence-electron chi connectivity index (χ3n) is 1.53. The molecule has 0 aromatic rings. The summed E-state index contributed by atoms with van der Waals surface area (Å²) < 4.78 is 0. The third-order valence-corrected chi connectivity index (χ3v) is 1.53. The number of rotatable bonds is 6. The molecule has 0 spiro atoms. The number of nitrogens with zero attached hydrogens (tertiary/aromatic N) is 2. The molecular formula is C10H20N2O4Zn. The molecule has 0 aromatic carbocycles. The van der Waals surface area contributed by atoms with Crippen LogP contribution in [0.25, 0.3) is 0 Å². The topological polar surface area (TPSA) is 86.7 Å². The minimum Gasteiger partial charge on any atom is -0.550 e. The molecule has 0 aromatic heterocycles. The fourth-order valence-electron chi connectivity index (χ4n) is 0.630. The summed E-state index contributed by atoms with van der Waals surface area (Å²) in [5, 5.41) is 19.5. The first-order chi connectivity index (χ1) is 7.25. The van der Waals surface area contributed by atoms with Gasteiger partial charge in [-0.25, -0.2) is 0 Å². The van der Waals surface area contributed by atoms with Crippen molar-refractivity contribution in [1.29, 1.82) is 0 Å². The smallest absolute Gasteiger partial charge is 0.550 e. The van der Waals surface area contributed by atoms with Crippen molar-refractivity contribution in [2.24, 2.45) is 0 Å². The molecule has 0 aliphatic heterocycles. The molecular weight excluding hydrogens is 278 g/mol. The van der Waals surface area contributed by atoms with Crippen LogP contribution in [-0.2, 0) is 29.1 Å². The van der Waals surface area contributed by atoms with Crippen molar-refractivity contribution in [3.05, 3.63) is 0 Å². The number of hydrogen-bond acceptors (Lipinski definition) is 6. The van der Waals surface area contributed by atoms with Crippen LogP contribution in [0.15, 0.2) is 0 Å². The number of aliphatic carboxylic acids is 2. The number of carboxylic acids is 2. The molecule has 6 nitrogen and oxygen atoms in total.